The fraction of sp³-hybridized carbons (Fsp3) is 0. The van der Waals surface area contributed by atoms with E-state index in [-0.39, 0.29) is 0 Å². The molecule has 0 unspecified atom stereocenters. The fourth-order valence-electron chi connectivity index (χ4n) is 1.56. The molecule has 0 aliphatic carbocycles. The molecule has 0 atom stereocenters. The van der Waals surface area contributed by atoms with Crippen LogP contribution in [0.2, 0.25) is 5.02 Å². The average Bonchev–Trinajstić information content (AvgIpc) is 2.39. The molecular formula is C14H7BrClN3. The Bertz CT molecular complexity index is 714. The number of hydrogen-bond acceptors (Lipinski definition) is 3. The molecule has 2 aromatic carbocycles. The van der Waals surface area contributed by atoms with E-state index in [1.165, 1.54) is 0 Å². The van der Waals surface area contributed by atoms with Crippen molar-refractivity contribution in [3.05, 3.63) is 57.0 Å². The standard InChI is InChI=1S/C14H7BrClN3/c15-13-6-12(4-2-9(13)7-17)19-14-5-11(16)3-1-10(14)8-18/h1-6,19H. The molecule has 0 fully saturated rings. The van der Waals surface area contributed by atoms with Gasteiger partial charge in [-0.05, 0) is 52.3 Å². The molecule has 0 aliphatic rings. The number of benzene rings is 2. The van der Waals surface area contributed by atoms with Gasteiger partial charge in [-0.1, -0.05) is 11.6 Å². The smallest absolute Gasteiger partial charge is 0.101 e. The Morgan fingerprint density at radius 2 is 1.68 bits per heavy atom. The summed E-state index contributed by atoms with van der Waals surface area (Å²) in [5, 5.41) is 21.6. The summed E-state index contributed by atoms with van der Waals surface area (Å²) in [5.74, 6) is 0. The van der Waals surface area contributed by atoms with Gasteiger partial charge in [-0.3, -0.25) is 0 Å². The molecule has 0 amide bonds. The summed E-state index contributed by atoms with van der Waals surface area (Å²) in [5.41, 5.74) is 2.46. The first kappa shape index (κ1) is 13.4. The van der Waals surface area contributed by atoms with Crippen molar-refractivity contribution in [3.8, 4) is 12.1 Å². The number of nitrogens with one attached hydrogen (secondary N) is 1. The third kappa shape index (κ3) is 3.06. The van der Waals surface area contributed by atoms with Crippen LogP contribution in [0, 0.1) is 22.7 Å². The molecule has 2 rings (SSSR count). The predicted molar refractivity (Wildman–Crippen MR) is 78.3 cm³/mol. The molecule has 0 saturated carbocycles. The van der Waals surface area contributed by atoms with Crippen molar-refractivity contribution in [2.75, 3.05) is 5.32 Å². The van der Waals surface area contributed by atoms with Gasteiger partial charge in [-0.25, -0.2) is 0 Å². The summed E-state index contributed by atoms with van der Waals surface area (Å²) < 4.78 is 0.695. The van der Waals surface area contributed by atoms with Gasteiger partial charge in [0.05, 0.1) is 16.8 Å². The Morgan fingerprint density at radius 1 is 1.00 bits per heavy atom. The van der Waals surface area contributed by atoms with Gasteiger partial charge in [0.15, 0.2) is 0 Å². The van der Waals surface area contributed by atoms with E-state index >= 15 is 0 Å². The molecule has 3 nitrogen and oxygen atoms in total. The van der Waals surface area contributed by atoms with Crippen molar-refractivity contribution in [2.45, 2.75) is 0 Å². The monoisotopic (exact) mass is 331 g/mol. The van der Waals surface area contributed by atoms with Gasteiger partial charge in [0.1, 0.15) is 12.1 Å². The van der Waals surface area contributed by atoms with Crippen LogP contribution >= 0.6 is 27.5 Å². The molecule has 0 aromatic heterocycles. The van der Waals surface area contributed by atoms with Crippen molar-refractivity contribution in [1.29, 1.82) is 10.5 Å². The molecule has 0 aliphatic heterocycles. The zero-order valence-corrected chi connectivity index (χ0v) is 12.0. The van der Waals surface area contributed by atoms with Crippen LogP contribution in [0.4, 0.5) is 11.4 Å². The van der Waals surface area contributed by atoms with Crippen LogP contribution in [0.25, 0.3) is 0 Å². The highest BCUT2D eigenvalue weighted by molar-refractivity contribution is 9.10. The topological polar surface area (TPSA) is 59.6 Å². The Hall–Kier alpha value is -2.01. The fourth-order valence-corrected chi connectivity index (χ4v) is 2.20. The molecule has 0 bridgehead atoms. The second kappa shape index (κ2) is 5.75. The van der Waals surface area contributed by atoms with E-state index < -0.39 is 0 Å². The van der Waals surface area contributed by atoms with E-state index in [1.807, 2.05) is 0 Å². The van der Waals surface area contributed by atoms with Crippen LogP contribution in [0.1, 0.15) is 11.1 Å². The maximum Gasteiger partial charge on any atom is 0.101 e. The second-order valence-corrected chi connectivity index (χ2v) is 5.02. The Kier molecular flexibility index (Phi) is 4.06. The number of anilines is 2. The minimum absolute atomic E-state index is 0.505. The van der Waals surface area contributed by atoms with Crippen LogP contribution in [-0.2, 0) is 0 Å². The lowest BCUT2D eigenvalue weighted by molar-refractivity contribution is 1.44. The summed E-state index contributed by atoms with van der Waals surface area (Å²) in [6, 6.07) is 14.4. The van der Waals surface area contributed by atoms with Crippen molar-refractivity contribution in [2.24, 2.45) is 0 Å². The van der Waals surface area contributed by atoms with Crippen LogP contribution in [0.3, 0.4) is 0 Å². The highest BCUT2D eigenvalue weighted by atomic mass is 79.9. The van der Waals surface area contributed by atoms with Gasteiger partial charge in [-0.15, -0.1) is 0 Å². The quantitative estimate of drug-likeness (QED) is 0.875. The van der Waals surface area contributed by atoms with Gasteiger partial charge in [0, 0.05) is 15.2 Å². The maximum atomic E-state index is 9.04. The molecule has 5 heteroatoms. The van der Waals surface area contributed by atoms with Crippen molar-refractivity contribution < 1.29 is 0 Å². The molecule has 92 valence electrons. The van der Waals surface area contributed by atoms with Gasteiger partial charge in [0.25, 0.3) is 0 Å². The normalized spacial score (nSPS) is 9.47. The molecule has 0 heterocycles. The van der Waals surface area contributed by atoms with Gasteiger partial charge in [-0.2, -0.15) is 10.5 Å². The number of halogens is 2. The van der Waals surface area contributed by atoms with Crippen molar-refractivity contribution >= 4 is 38.9 Å². The summed E-state index contributed by atoms with van der Waals surface area (Å²) in [7, 11) is 0. The lowest BCUT2D eigenvalue weighted by Gasteiger charge is -2.09. The van der Waals surface area contributed by atoms with E-state index in [0.29, 0.717) is 26.3 Å². The first-order chi connectivity index (χ1) is 9.13. The Balaban J connectivity index is 2.37. The summed E-state index contributed by atoms with van der Waals surface area (Å²) in [4.78, 5) is 0. The predicted octanol–water partition coefficient (Wildman–Crippen LogP) is 4.59. The Labute approximate surface area is 124 Å². The number of hydrogen-bond donors (Lipinski definition) is 1. The molecule has 0 saturated heterocycles. The van der Waals surface area contributed by atoms with E-state index in [1.54, 1.807) is 36.4 Å². The van der Waals surface area contributed by atoms with Gasteiger partial charge >= 0.3 is 0 Å². The van der Waals surface area contributed by atoms with Crippen molar-refractivity contribution in [3.63, 3.8) is 0 Å². The maximum absolute atomic E-state index is 9.04. The third-order valence-corrected chi connectivity index (χ3v) is 3.36. The zero-order valence-electron chi connectivity index (χ0n) is 9.61. The Morgan fingerprint density at radius 3 is 2.32 bits per heavy atom. The van der Waals surface area contributed by atoms with Crippen LogP contribution in [0.15, 0.2) is 40.9 Å². The van der Waals surface area contributed by atoms with E-state index in [9.17, 15) is 0 Å². The minimum atomic E-state index is 0.505. The largest absolute Gasteiger partial charge is 0.354 e. The minimum Gasteiger partial charge on any atom is -0.354 e. The first-order valence-corrected chi connectivity index (χ1v) is 6.47. The second-order valence-electron chi connectivity index (χ2n) is 3.73. The molecular weight excluding hydrogens is 326 g/mol. The van der Waals surface area contributed by atoms with Crippen LogP contribution in [0.5, 0.6) is 0 Å². The average molecular weight is 333 g/mol. The van der Waals surface area contributed by atoms with Crippen molar-refractivity contribution in [1.82, 2.24) is 0 Å². The van der Waals surface area contributed by atoms with E-state index in [2.05, 4.69) is 33.4 Å². The first-order valence-electron chi connectivity index (χ1n) is 5.30. The summed E-state index contributed by atoms with van der Waals surface area (Å²) in [6.45, 7) is 0. The van der Waals surface area contributed by atoms with Crippen LogP contribution < -0.4 is 5.32 Å². The molecule has 0 radical (unpaired) electrons. The number of rotatable bonds is 2. The molecule has 19 heavy (non-hydrogen) atoms. The summed E-state index contributed by atoms with van der Waals surface area (Å²) in [6.07, 6.45) is 0. The van der Waals surface area contributed by atoms with Gasteiger partial charge < -0.3 is 5.32 Å². The highest BCUT2D eigenvalue weighted by Crippen LogP contribution is 2.27. The molecule has 0 spiro atoms. The molecule has 2 aromatic rings. The lowest BCUT2D eigenvalue weighted by atomic mass is 10.1. The SMILES string of the molecule is N#Cc1ccc(Nc2cc(Cl)ccc2C#N)cc1Br. The number of nitrogens with zero attached hydrogens (tertiary/aromatic N) is 2. The highest BCUT2D eigenvalue weighted by Gasteiger charge is 2.05. The van der Waals surface area contributed by atoms with Gasteiger partial charge in [0.2, 0.25) is 0 Å². The third-order valence-electron chi connectivity index (χ3n) is 2.47. The van der Waals surface area contributed by atoms with Crippen LogP contribution in [-0.4, -0.2) is 0 Å². The van der Waals surface area contributed by atoms with E-state index in [0.717, 1.165) is 5.69 Å². The lowest BCUT2D eigenvalue weighted by Crippen LogP contribution is -1.94. The summed E-state index contributed by atoms with van der Waals surface area (Å²) >= 11 is 9.23. The number of nitriles is 2. The van der Waals surface area contributed by atoms with E-state index in [4.69, 9.17) is 22.1 Å². The molecule has 1 N–H and O–H groups in total. The zero-order chi connectivity index (χ0) is 13.8.